The molecular weight excluding hydrogens is 300 g/mol. The van der Waals surface area contributed by atoms with Gasteiger partial charge in [0.15, 0.2) is 0 Å². The summed E-state index contributed by atoms with van der Waals surface area (Å²) in [5.74, 6) is -0.369. The fourth-order valence-corrected chi connectivity index (χ4v) is 3.11. The maximum Gasteiger partial charge on any atom is 0.261 e. The third kappa shape index (κ3) is 3.10. The van der Waals surface area contributed by atoms with Gasteiger partial charge < -0.3 is 4.90 Å². The number of aryl methyl sites for hydroxylation is 2. The highest BCUT2D eigenvalue weighted by atomic mass is 16.2. The van der Waals surface area contributed by atoms with E-state index in [1.807, 2.05) is 7.05 Å². The van der Waals surface area contributed by atoms with Crippen LogP contribution in [0.5, 0.6) is 0 Å². The lowest BCUT2D eigenvalue weighted by atomic mass is 10.1. The highest BCUT2D eigenvalue weighted by Gasteiger charge is 2.34. The molecule has 1 aliphatic heterocycles. The topological polar surface area (TPSA) is 40.6 Å². The molecule has 2 aromatic carbocycles. The molecule has 0 atom stereocenters. The van der Waals surface area contributed by atoms with Gasteiger partial charge in [-0.25, -0.2) is 0 Å². The number of likely N-dealkylation sites (N-methyl/N-ethyl adjacent to an activating group) is 1. The predicted octanol–water partition coefficient (Wildman–Crippen LogP) is 3.03. The molecule has 0 aliphatic carbocycles. The van der Waals surface area contributed by atoms with Gasteiger partial charge in [0, 0.05) is 19.6 Å². The summed E-state index contributed by atoms with van der Waals surface area (Å²) >= 11 is 0. The lowest BCUT2D eigenvalue weighted by molar-refractivity contribution is 0.0640. The Labute approximate surface area is 142 Å². The SMILES string of the molecule is Cc1ccc(CN(C)CCN2C(=O)c3ccccc3C2=O)c(C)c1. The first-order valence-electron chi connectivity index (χ1n) is 8.17. The van der Waals surface area contributed by atoms with Crippen molar-refractivity contribution in [2.75, 3.05) is 20.1 Å². The third-order valence-corrected chi connectivity index (χ3v) is 4.52. The summed E-state index contributed by atoms with van der Waals surface area (Å²) in [4.78, 5) is 28.2. The second kappa shape index (κ2) is 6.57. The molecule has 0 bridgehead atoms. The molecule has 1 aliphatic rings. The van der Waals surface area contributed by atoms with Crippen molar-refractivity contribution in [3.05, 3.63) is 70.3 Å². The first kappa shape index (κ1) is 16.4. The van der Waals surface area contributed by atoms with Crippen molar-refractivity contribution in [2.24, 2.45) is 0 Å². The lowest BCUT2D eigenvalue weighted by Gasteiger charge is -2.21. The minimum absolute atomic E-state index is 0.185. The van der Waals surface area contributed by atoms with Crippen LogP contribution in [-0.4, -0.2) is 41.8 Å². The van der Waals surface area contributed by atoms with Gasteiger partial charge in [0.2, 0.25) is 0 Å². The number of fused-ring (bicyclic) bond motifs is 1. The van der Waals surface area contributed by atoms with E-state index in [9.17, 15) is 9.59 Å². The number of amides is 2. The van der Waals surface area contributed by atoms with Gasteiger partial charge in [-0.2, -0.15) is 0 Å². The summed E-state index contributed by atoms with van der Waals surface area (Å²) in [5, 5.41) is 0. The number of carbonyl (C=O) groups excluding carboxylic acids is 2. The van der Waals surface area contributed by atoms with Gasteiger partial charge in [0.25, 0.3) is 11.8 Å². The minimum atomic E-state index is -0.185. The first-order chi connectivity index (χ1) is 11.5. The molecule has 0 radical (unpaired) electrons. The molecule has 4 nitrogen and oxygen atoms in total. The average molecular weight is 322 g/mol. The molecule has 0 N–H and O–H groups in total. The van der Waals surface area contributed by atoms with Crippen LogP contribution in [0.2, 0.25) is 0 Å². The van der Waals surface area contributed by atoms with Gasteiger partial charge in [0.05, 0.1) is 11.1 Å². The van der Waals surface area contributed by atoms with Gasteiger partial charge in [-0.3, -0.25) is 14.5 Å². The van der Waals surface area contributed by atoms with Crippen molar-refractivity contribution >= 4 is 11.8 Å². The molecule has 124 valence electrons. The molecule has 0 spiro atoms. The van der Waals surface area contributed by atoms with Crippen LogP contribution in [0.25, 0.3) is 0 Å². The molecule has 3 rings (SSSR count). The zero-order chi connectivity index (χ0) is 17.3. The Kier molecular flexibility index (Phi) is 4.49. The molecule has 0 saturated carbocycles. The average Bonchev–Trinajstić information content (AvgIpc) is 2.80. The fraction of sp³-hybridized carbons (Fsp3) is 0.300. The van der Waals surface area contributed by atoms with Crippen LogP contribution in [0.1, 0.15) is 37.4 Å². The maximum atomic E-state index is 12.4. The van der Waals surface area contributed by atoms with E-state index in [-0.39, 0.29) is 11.8 Å². The second-order valence-corrected chi connectivity index (χ2v) is 6.48. The zero-order valence-electron chi connectivity index (χ0n) is 14.4. The largest absolute Gasteiger partial charge is 0.300 e. The Hall–Kier alpha value is -2.46. The number of hydrogen-bond donors (Lipinski definition) is 0. The molecule has 0 saturated heterocycles. The quantitative estimate of drug-likeness (QED) is 0.795. The Balaban J connectivity index is 1.62. The van der Waals surface area contributed by atoms with Crippen molar-refractivity contribution in [1.29, 1.82) is 0 Å². The van der Waals surface area contributed by atoms with Gasteiger partial charge >= 0.3 is 0 Å². The summed E-state index contributed by atoms with van der Waals surface area (Å²) < 4.78 is 0. The minimum Gasteiger partial charge on any atom is -0.300 e. The highest BCUT2D eigenvalue weighted by Crippen LogP contribution is 2.22. The Morgan fingerprint density at radius 2 is 1.58 bits per heavy atom. The van der Waals surface area contributed by atoms with E-state index in [1.165, 1.54) is 21.6 Å². The Morgan fingerprint density at radius 1 is 0.958 bits per heavy atom. The van der Waals surface area contributed by atoms with Crippen LogP contribution in [0.3, 0.4) is 0 Å². The second-order valence-electron chi connectivity index (χ2n) is 6.48. The molecule has 1 heterocycles. The van der Waals surface area contributed by atoms with Gasteiger partial charge in [-0.15, -0.1) is 0 Å². The smallest absolute Gasteiger partial charge is 0.261 e. The van der Waals surface area contributed by atoms with Crippen LogP contribution in [0.15, 0.2) is 42.5 Å². The molecular formula is C20H22N2O2. The Morgan fingerprint density at radius 3 is 2.17 bits per heavy atom. The van der Waals surface area contributed by atoms with E-state index in [4.69, 9.17) is 0 Å². The number of carbonyl (C=O) groups is 2. The van der Waals surface area contributed by atoms with Crippen LogP contribution in [0.4, 0.5) is 0 Å². The van der Waals surface area contributed by atoms with E-state index < -0.39 is 0 Å². The molecule has 4 heteroatoms. The fourth-order valence-electron chi connectivity index (χ4n) is 3.11. The molecule has 0 aromatic heterocycles. The van der Waals surface area contributed by atoms with E-state index in [0.717, 1.165) is 6.54 Å². The molecule has 0 fully saturated rings. The number of nitrogens with zero attached hydrogens (tertiary/aromatic N) is 2. The van der Waals surface area contributed by atoms with Crippen molar-refractivity contribution in [2.45, 2.75) is 20.4 Å². The molecule has 24 heavy (non-hydrogen) atoms. The van der Waals surface area contributed by atoms with E-state index in [2.05, 4.69) is 36.9 Å². The van der Waals surface area contributed by atoms with Crippen molar-refractivity contribution in [1.82, 2.24) is 9.80 Å². The van der Waals surface area contributed by atoms with Crippen LogP contribution in [-0.2, 0) is 6.54 Å². The standard InChI is InChI=1S/C20H22N2O2/c1-14-8-9-16(15(2)12-14)13-21(3)10-11-22-19(23)17-6-4-5-7-18(17)20(22)24/h4-9,12H,10-11,13H2,1-3H3. The number of rotatable bonds is 5. The number of benzene rings is 2. The predicted molar refractivity (Wildman–Crippen MR) is 94.1 cm³/mol. The molecule has 0 unspecified atom stereocenters. The van der Waals surface area contributed by atoms with Crippen LogP contribution < -0.4 is 0 Å². The van der Waals surface area contributed by atoms with E-state index in [0.29, 0.717) is 24.2 Å². The summed E-state index contributed by atoms with van der Waals surface area (Å²) in [6.07, 6.45) is 0. The van der Waals surface area contributed by atoms with Crippen LogP contribution in [0, 0.1) is 13.8 Å². The number of imide groups is 1. The molecule has 2 aromatic rings. The van der Waals surface area contributed by atoms with Crippen molar-refractivity contribution in [3.63, 3.8) is 0 Å². The summed E-state index contributed by atoms with van der Waals surface area (Å²) in [5.41, 5.74) is 4.82. The lowest BCUT2D eigenvalue weighted by Crippen LogP contribution is -2.36. The molecule has 2 amide bonds. The monoisotopic (exact) mass is 322 g/mol. The summed E-state index contributed by atoms with van der Waals surface area (Å²) in [7, 11) is 2.01. The normalized spacial score (nSPS) is 13.8. The summed E-state index contributed by atoms with van der Waals surface area (Å²) in [6, 6.07) is 13.4. The third-order valence-electron chi connectivity index (χ3n) is 4.52. The van der Waals surface area contributed by atoms with E-state index in [1.54, 1.807) is 24.3 Å². The number of hydrogen-bond acceptors (Lipinski definition) is 3. The van der Waals surface area contributed by atoms with Crippen LogP contribution >= 0.6 is 0 Å². The summed E-state index contributed by atoms with van der Waals surface area (Å²) in [6.45, 7) is 6.06. The highest BCUT2D eigenvalue weighted by molar-refractivity contribution is 6.21. The maximum absolute atomic E-state index is 12.4. The van der Waals surface area contributed by atoms with E-state index >= 15 is 0 Å². The van der Waals surface area contributed by atoms with Gasteiger partial charge in [-0.1, -0.05) is 35.9 Å². The first-order valence-corrected chi connectivity index (χ1v) is 8.17. The van der Waals surface area contributed by atoms with Crippen molar-refractivity contribution in [3.8, 4) is 0 Å². The van der Waals surface area contributed by atoms with Crippen molar-refractivity contribution < 1.29 is 9.59 Å². The zero-order valence-corrected chi connectivity index (χ0v) is 14.4. The van der Waals surface area contributed by atoms with Gasteiger partial charge in [0.1, 0.15) is 0 Å². The van der Waals surface area contributed by atoms with Gasteiger partial charge in [-0.05, 0) is 44.2 Å². The Bertz CT molecular complexity index is 763.